The van der Waals surface area contributed by atoms with E-state index >= 15 is 0 Å². The van der Waals surface area contributed by atoms with Gasteiger partial charge in [0.15, 0.2) is 0 Å². The summed E-state index contributed by atoms with van der Waals surface area (Å²) in [4.78, 5) is 23.1. The zero-order valence-electron chi connectivity index (χ0n) is 9.66. The Bertz CT molecular complexity index is 309. The lowest BCUT2D eigenvalue weighted by atomic mass is 9.78. The summed E-state index contributed by atoms with van der Waals surface area (Å²) in [5.74, 6) is -1.66. The lowest BCUT2D eigenvalue weighted by Gasteiger charge is -2.28. The van der Waals surface area contributed by atoms with Gasteiger partial charge in [0.2, 0.25) is 5.91 Å². The molecular weight excluding hydrogens is 206 g/mol. The van der Waals surface area contributed by atoms with E-state index < -0.39 is 11.9 Å². The molecule has 0 unspecified atom stereocenters. The molecule has 2 rings (SSSR count). The molecule has 0 heterocycles. The van der Waals surface area contributed by atoms with Crippen molar-refractivity contribution >= 4 is 11.9 Å². The first-order chi connectivity index (χ1) is 7.52. The highest BCUT2D eigenvalue weighted by Crippen LogP contribution is 2.36. The number of rotatable bonds is 3. The first-order valence-corrected chi connectivity index (χ1v) is 6.07. The van der Waals surface area contributed by atoms with Gasteiger partial charge in [-0.25, -0.2) is 0 Å². The minimum absolute atomic E-state index is 0.0441. The van der Waals surface area contributed by atoms with Crippen molar-refractivity contribution in [1.29, 1.82) is 0 Å². The highest BCUT2D eigenvalue weighted by molar-refractivity contribution is 5.85. The van der Waals surface area contributed by atoms with Crippen molar-refractivity contribution in [3.05, 3.63) is 0 Å². The van der Waals surface area contributed by atoms with Crippen LogP contribution in [0.15, 0.2) is 0 Å². The maximum Gasteiger partial charge on any atom is 0.307 e. The van der Waals surface area contributed by atoms with Gasteiger partial charge >= 0.3 is 5.97 Å². The summed E-state index contributed by atoms with van der Waals surface area (Å²) < 4.78 is 0. The van der Waals surface area contributed by atoms with E-state index in [2.05, 4.69) is 5.32 Å². The highest BCUT2D eigenvalue weighted by Gasteiger charge is 2.43. The van der Waals surface area contributed by atoms with Crippen LogP contribution in [0.1, 0.15) is 45.4 Å². The molecule has 0 radical (unpaired) electrons. The number of amides is 1. The molecule has 0 spiro atoms. The monoisotopic (exact) mass is 225 g/mol. The summed E-state index contributed by atoms with van der Waals surface area (Å²) in [7, 11) is 0. The molecule has 0 aromatic rings. The van der Waals surface area contributed by atoms with E-state index in [0.29, 0.717) is 6.42 Å². The van der Waals surface area contributed by atoms with Crippen LogP contribution >= 0.6 is 0 Å². The van der Waals surface area contributed by atoms with E-state index in [0.717, 1.165) is 32.1 Å². The minimum atomic E-state index is -0.819. The fraction of sp³-hybridized carbons (Fsp3) is 0.833. The Morgan fingerprint density at radius 1 is 1.19 bits per heavy atom. The van der Waals surface area contributed by atoms with Crippen LogP contribution in [0.2, 0.25) is 0 Å². The molecule has 0 aliphatic heterocycles. The van der Waals surface area contributed by atoms with E-state index in [1.165, 1.54) is 0 Å². The molecule has 2 aliphatic carbocycles. The van der Waals surface area contributed by atoms with Crippen molar-refractivity contribution < 1.29 is 14.7 Å². The lowest BCUT2D eigenvalue weighted by molar-refractivity contribution is -0.149. The number of hydrogen-bond acceptors (Lipinski definition) is 2. The second-order valence-corrected chi connectivity index (χ2v) is 5.39. The molecule has 2 saturated carbocycles. The molecule has 0 saturated heterocycles. The van der Waals surface area contributed by atoms with Crippen LogP contribution in [0.3, 0.4) is 0 Å². The second-order valence-electron chi connectivity index (χ2n) is 5.39. The summed E-state index contributed by atoms with van der Waals surface area (Å²) in [6.07, 6.45) is 5.30. The molecule has 16 heavy (non-hydrogen) atoms. The fourth-order valence-electron chi connectivity index (χ4n) is 2.44. The lowest BCUT2D eigenvalue weighted by Crippen LogP contribution is -2.44. The van der Waals surface area contributed by atoms with Gasteiger partial charge in [-0.2, -0.15) is 0 Å². The quantitative estimate of drug-likeness (QED) is 0.765. The molecule has 4 nitrogen and oxygen atoms in total. The predicted molar refractivity (Wildman–Crippen MR) is 58.9 cm³/mol. The zero-order chi connectivity index (χ0) is 11.8. The standard InChI is InChI=1S/C12H19NO3/c1-12(6-7-12)13-10(14)8-4-2-3-5-9(8)11(15)16/h8-9H,2-7H2,1H3,(H,13,14)(H,15,16)/t8-,9+/m1/s1. The van der Waals surface area contributed by atoms with Gasteiger partial charge in [0.1, 0.15) is 0 Å². The third-order valence-corrected chi connectivity index (χ3v) is 3.84. The largest absolute Gasteiger partial charge is 0.481 e. The third kappa shape index (κ3) is 2.36. The SMILES string of the molecule is CC1(NC(=O)[C@@H]2CCCC[C@@H]2C(=O)O)CC1. The minimum Gasteiger partial charge on any atom is -0.481 e. The molecule has 90 valence electrons. The Balaban J connectivity index is 1.99. The van der Waals surface area contributed by atoms with E-state index in [-0.39, 0.29) is 17.4 Å². The first kappa shape index (κ1) is 11.4. The van der Waals surface area contributed by atoms with E-state index in [9.17, 15) is 9.59 Å². The van der Waals surface area contributed by atoms with Gasteiger partial charge in [0.05, 0.1) is 11.8 Å². The van der Waals surface area contributed by atoms with Crippen LogP contribution in [0.25, 0.3) is 0 Å². The van der Waals surface area contributed by atoms with Gasteiger partial charge in [-0.05, 0) is 32.6 Å². The Kier molecular flexibility index (Phi) is 2.91. The van der Waals surface area contributed by atoms with Gasteiger partial charge in [-0.15, -0.1) is 0 Å². The van der Waals surface area contributed by atoms with Gasteiger partial charge in [-0.1, -0.05) is 12.8 Å². The van der Waals surface area contributed by atoms with Crippen molar-refractivity contribution in [2.45, 2.75) is 51.0 Å². The van der Waals surface area contributed by atoms with Crippen LogP contribution in [-0.4, -0.2) is 22.5 Å². The third-order valence-electron chi connectivity index (χ3n) is 3.84. The second kappa shape index (κ2) is 4.07. The van der Waals surface area contributed by atoms with Crippen LogP contribution < -0.4 is 5.32 Å². The Hall–Kier alpha value is -1.06. The van der Waals surface area contributed by atoms with Crippen LogP contribution in [0, 0.1) is 11.8 Å². The van der Waals surface area contributed by atoms with Gasteiger partial charge < -0.3 is 10.4 Å². The summed E-state index contributed by atoms with van der Waals surface area (Å²) >= 11 is 0. The zero-order valence-corrected chi connectivity index (χ0v) is 9.66. The maximum atomic E-state index is 12.0. The number of carboxylic acid groups (broad SMARTS) is 1. The smallest absolute Gasteiger partial charge is 0.307 e. The molecule has 2 atom stereocenters. The molecule has 2 aliphatic rings. The Labute approximate surface area is 95.4 Å². The average Bonchev–Trinajstić information content (AvgIpc) is 2.96. The predicted octanol–water partition coefficient (Wildman–Crippen LogP) is 1.55. The van der Waals surface area contributed by atoms with Crippen LogP contribution in [-0.2, 0) is 9.59 Å². The Morgan fingerprint density at radius 2 is 1.75 bits per heavy atom. The van der Waals surface area contributed by atoms with Gasteiger partial charge in [-0.3, -0.25) is 9.59 Å². The number of hydrogen-bond donors (Lipinski definition) is 2. The molecule has 0 bridgehead atoms. The topological polar surface area (TPSA) is 66.4 Å². The molecule has 2 fully saturated rings. The number of carbonyl (C=O) groups excluding carboxylic acids is 1. The summed E-state index contributed by atoms with van der Waals surface area (Å²) in [5.41, 5.74) is -0.0441. The molecule has 1 amide bonds. The van der Waals surface area contributed by atoms with Crippen molar-refractivity contribution in [3.63, 3.8) is 0 Å². The highest BCUT2D eigenvalue weighted by atomic mass is 16.4. The molecule has 4 heteroatoms. The first-order valence-electron chi connectivity index (χ1n) is 6.07. The van der Waals surface area contributed by atoms with Crippen molar-refractivity contribution in [1.82, 2.24) is 5.32 Å². The average molecular weight is 225 g/mol. The summed E-state index contributed by atoms with van der Waals surface area (Å²) in [5, 5.41) is 12.1. The van der Waals surface area contributed by atoms with E-state index in [1.54, 1.807) is 0 Å². The molecule has 2 N–H and O–H groups in total. The van der Waals surface area contributed by atoms with Crippen molar-refractivity contribution in [3.8, 4) is 0 Å². The molecule has 0 aromatic carbocycles. The number of carboxylic acids is 1. The van der Waals surface area contributed by atoms with Crippen molar-refractivity contribution in [2.75, 3.05) is 0 Å². The van der Waals surface area contributed by atoms with E-state index in [1.807, 2.05) is 6.92 Å². The number of aliphatic carboxylic acids is 1. The van der Waals surface area contributed by atoms with Gasteiger partial charge in [0.25, 0.3) is 0 Å². The summed E-state index contributed by atoms with van der Waals surface area (Å²) in [6.45, 7) is 2.02. The van der Waals surface area contributed by atoms with Crippen LogP contribution in [0.4, 0.5) is 0 Å². The molecule has 0 aromatic heterocycles. The number of carbonyl (C=O) groups is 2. The summed E-state index contributed by atoms with van der Waals surface area (Å²) in [6, 6.07) is 0. The van der Waals surface area contributed by atoms with Crippen molar-refractivity contribution in [2.24, 2.45) is 11.8 Å². The molecular formula is C12H19NO3. The fourth-order valence-corrected chi connectivity index (χ4v) is 2.44. The van der Waals surface area contributed by atoms with Crippen LogP contribution in [0.5, 0.6) is 0 Å². The Morgan fingerprint density at radius 3 is 2.25 bits per heavy atom. The van der Waals surface area contributed by atoms with E-state index in [4.69, 9.17) is 5.11 Å². The normalized spacial score (nSPS) is 31.8. The van der Waals surface area contributed by atoms with Gasteiger partial charge in [0, 0.05) is 5.54 Å². The number of nitrogens with one attached hydrogen (secondary N) is 1. The maximum absolute atomic E-state index is 12.0.